The lowest BCUT2D eigenvalue weighted by atomic mass is 10.3. The summed E-state index contributed by atoms with van der Waals surface area (Å²) in [6, 6.07) is 7.84. The molecule has 2 heterocycles. The van der Waals surface area contributed by atoms with Gasteiger partial charge in [-0.05, 0) is 53.8 Å². The molecule has 8 heteroatoms. The van der Waals surface area contributed by atoms with Crippen LogP contribution in [-0.2, 0) is 0 Å². The highest BCUT2D eigenvalue weighted by atomic mass is 127. The molecule has 0 radical (unpaired) electrons. The minimum absolute atomic E-state index is 0.369. The van der Waals surface area contributed by atoms with Gasteiger partial charge in [-0.2, -0.15) is 4.98 Å². The van der Waals surface area contributed by atoms with Crippen molar-refractivity contribution in [1.29, 1.82) is 0 Å². The van der Waals surface area contributed by atoms with Gasteiger partial charge < -0.3 is 5.32 Å². The normalized spacial score (nSPS) is 10.9. The quantitative estimate of drug-likeness (QED) is 0.328. The Bertz CT molecular complexity index is 820. The summed E-state index contributed by atoms with van der Waals surface area (Å²) in [7, 11) is 0. The van der Waals surface area contributed by atoms with Gasteiger partial charge in [-0.15, -0.1) is 11.3 Å². The number of thiophene rings is 1. The van der Waals surface area contributed by atoms with Crippen LogP contribution in [0.3, 0.4) is 0 Å². The summed E-state index contributed by atoms with van der Waals surface area (Å²) in [5.74, 6) is 6.48. The van der Waals surface area contributed by atoms with Crippen molar-refractivity contribution in [3.05, 3.63) is 37.7 Å². The highest BCUT2D eigenvalue weighted by molar-refractivity contribution is 14.1. The van der Waals surface area contributed by atoms with E-state index in [9.17, 15) is 0 Å². The van der Waals surface area contributed by atoms with Crippen LogP contribution in [0, 0.1) is 10.5 Å². The largest absolute Gasteiger partial charge is 0.338 e. The molecule has 2 aromatic heterocycles. The van der Waals surface area contributed by atoms with Crippen molar-refractivity contribution in [2.24, 2.45) is 5.84 Å². The van der Waals surface area contributed by atoms with E-state index >= 15 is 0 Å². The van der Waals surface area contributed by atoms with Crippen LogP contribution < -0.4 is 16.6 Å². The molecular formula is C13H11ClIN5S. The number of rotatable bonds is 3. The van der Waals surface area contributed by atoms with E-state index in [4.69, 9.17) is 17.4 Å². The van der Waals surface area contributed by atoms with Gasteiger partial charge in [0.05, 0.1) is 16.1 Å². The van der Waals surface area contributed by atoms with E-state index in [1.165, 1.54) is 0 Å². The SMILES string of the molecule is Cc1cc2c(Nc3ccc(I)cc3Cl)nc(NN)nc2s1. The second-order valence-electron chi connectivity index (χ2n) is 4.37. The molecule has 5 nitrogen and oxygen atoms in total. The summed E-state index contributed by atoms with van der Waals surface area (Å²) >= 11 is 10.1. The van der Waals surface area contributed by atoms with Crippen molar-refractivity contribution in [3.8, 4) is 0 Å². The number of nitrogens with zero attached hydrogens (tertiary/aromatic N) is 2. The van der Waals surface area contributed by atoms with Crippen LogP contribution in [-0.4, -0.2) is 9.97 Å². The fourth-order valence-electron chi connectivity index (χ4n) is 1.92. The van der Waals surface area contributed by atoms with Gasteiger partial charge in [-0.25, -0.2) is 10.8 Å². The van der Waals surface area contributed by atoms with E-state index in [1.807, 2.05) is 31.2 Å². The van der Waals surface area contributed by atoms with Crippen molar-refractivity contribution in [2.75, 3.05) is 10.7 Å². The summed E-state index contributed by atoms with van der Waals surface area (Å²) in [6.07, 6.45) is 0. The lowest BCUT2D eigenvalue weighted by Crippen LogP contribution is -2.11. The Kier molecular flexibility index (Phi) is 4.16. The van der Waals surface area contributed by atoms with Crippen LogP contribution in [0.15, 0.2) is 24.3 Å². The number of nitrogen functional groups attached to an aromatic ring is 1. The minimum atomic E-state index is 0.369. The third kappa shape index (κ3) is 3.05. The van der Waals surface area contributed by atoms with Gasteiger partial charge in [0.1, 0.15) is 10.6 Å². The second-order valence-corrected chi connectivity index (χ2v) is 7.25. The van der Waals surface area contributed by atoms with Crippen LogP contribution >= 0.6 is 45.5 Å². The molecule has 0 aliphatic heterocycles. The van der Waals surface area contributed by atoms with E-state index in [-0.39, 0.29) is 0 Å². The molecule has 108 valence electrons. The lowest BCUT2D eigenvalue weighted by molar-refractivity contribution is 1.16. The van der Waals surface area contributed by atoms with E-state index in [2.05, 4.69) is 43.3 Å². The predicted octanol–water partition coefficient (Wildman–Crippen LogP) is 4.29. The maximum atomic E-state index is 6.26. The van der Waals surface area contributed by atoms with E-state index in [0.29, 0.717) is 16.8 Å². The van der Waals surface area contributed by atoms with Gasteiger partial charge in [-0.3, -0.25) is 5.43 Å². The van der Waals surface area contributed by atoms with Crippen LogP contribution in [0.25, 0.3) is 10.2 Å². The first-order chi connectivity index (χ1) is 10.1. The highest BCUT2D eigenvalue weighted by Gasteiger charge is 2.11. The summed E-state index contributed by atoms with van der Waals surface area (Å²) < 4.78 is 1.08. The average Bonchev–Trinajstić information content (AvgIpc) is 2.82. The van der Waals surface area contributed by atoms with Crippen LogP contribution in [0.1, 0.15) is 4.88 Å². The summed E-state index contributed by atoms with van der Waals surface area (Å²) in [4.78, 5) is 10.8. The van der Waals surface area contributed by atoms with Gasteiger partial charge in [0.15, 0.2) is 0 Å². The van der Waals surface area contributed by atoms with E-state index < -0.39 is 0 Å². The van der Waals surface area contributed by atoms with Gasteiger partial charge in [-0.1, -0.05) is 11.6 Å². The molecule has 0 spiro atoms. The molecule has 0 bridgehead atoms. The van der Waals surface area contributed by atoms with Crippen molar-refractivity contribution in [3.63, 3.8) is 0 Å². The molecule has 0 fully saturated rings. The molecule has 0 atom stereocenters. The first-order valence-corrected chi connectivity index (χ1v) is 8.31. The number of nitrogens with one attached hydrogen (secondary N) is 2. The zero-order valence-corrected chi connectivity index (χ0v) is 14.7. The van der Waals surface area contributed by atoms with E-state index in [0.717, 1.165) is 24.4 Å². The third-order valence-corrected chi connectivity index (χ3v) is 4.76. The summed E-state index contributed by atoms with van der Waals surface area (Å²) in [6.45, 7) is 2.03. The van der Waals surface area contributed by atoms with E-state index in [1.54, 1.807) is 11.3 Å². The van der Waals surface area contributed by atoms with Crippen LogP contribution in [0.4, 0.5) is 17.5 Å². The topological polar surface area (TPSA) is 75.9 Å². The molecular weight excluding hydrogens is 421 g/mol. The second kappa shape index (κ2) is 5.91. The number of nitrogens with two attached hydrogens (primary N) is 1. The Labute approximate surface area is 144 Å². The fourth-order valence-corrected chi connectivity index (χ4v) is 3.70. The minimum Gasteiger partial charge on any atom is -0.338 e. The van der Waals surface area contributed by atoms with Crippen LogP contribution in [0.5, 0.6) is 0 Å². The third-order valence-electron chi connectivity index (χ3n) is 2.83. The standard InChI is InChI=1S/C13H11ClIN5S/c1-6-4-8-11(18-13(20-16)19-12(8)21-6)17-10-3-2-7(15)5-9(10)14/h2-5H,16H2,1H3,(H2,17,18,19,20). The number of hydrazine groups is 1. The molecule has 0 saturated heterocycles. The van der Waals surface area contributed by atoms with Crippen molar-refractivity contribution in [2.45, 2.75) is 6.92 Å². The Hall–Kier alpha value is -1.16. The number of aryl methyl sites for hydroxylation is 1. The molecule has 21 heavy (non-hydrogen) atoms. The van der Waals surface area contributed by atoms with Crippen molar-refractivity contribution in [1.82, 2.24) is 9.97 Å². The summed E-state index contributed by atoms with van der Waals surface area (Å²) in [5.41, 5.74) is 3.28. The van der Waals surface area contributed by atoms with Gasteiger partial charge in [0, 0.05) is 8.45 Å². The smallest absolute Gasteiger partial charge is 0.240 e. The Morgan fingerprint density at radius 1 is 1.29 bits per heavy atom. The van der Waals surface area contributed by atoms with Gasteiger partial charge in [0.2, 0.25) is 5.95 Å². The Morgan fingerprint density at radius 3 is 2.81 bits per heavy atom. The maximum absolute atomic E-state index is 6.26. The average molecular weight is 432 g/mol. The molecule has 3 aromatic rings. The Morgan fingerprint density at radius 2 is 2.10 bits per heavy atom. The predicted molar refractivity (Wildman–Crippen MR) is 97.4 cm³/mol. The number of fused-ring (bicyclic) bond motifs is 1. The first-order valence-electron chi connectivity index (χ1n) is 6.03. The van der Waals surface area contributed by atoms with Crippen molar-refractivity contribution >= 4 is 73.2 Å². The molecule has 3 rings (SSSR count). The number of hydrogen-bond donors (Lipinski definition) is 3. The molecule has 0 saturated carbocycles. The zero-order chi connectivity index (χ0) is 15.0. The van der Waals surface area contributed by atoms with Crippen molar-refractivity contribution < 1.29 is 0 Å². The molecule has 0 amide bonds. The molecule has 4 N–H and O–H groups in total. The number of aromatic nitrogens is 2. The molecule has 0 aliphatic rings. The number of anilines is 3. The summed E-state index contributed by atoms with van der Waals surface area (Å²) in [5, 5.41) is 4.85. The lowest BCUT2D eigenvalue weighted by Gasteiger charge is -2.10. The number of hydrogen-bond acceptors (Lipinski definition) is 6. The molecule has 0 aliphatic carbocycles. The molecule has 0 unspecified atom stereocenters. The zero-order valence-electron chi connectivity index (χ0n) is 10.9. The first kappa shape index (κ1) is 14.8. The number of halogens is 2. The highest BCUT2D eigenvalue weighted by Crippen LogP contribution is 2.33. The fraction of sp³-hybridized carbons (Fsp3) is 0.0769. The van der Waals surface area contributed by atoms with Gasteiger partial charge in [0.25, 0.3) is 0 Å². The Balaban J connectivity index is 2.10. The monoisotopic (exact) mass is 431 g/mol. The molecule has 1 aromatic carbocycles. The maximum Gasteiger partial charge on any atom is 0.240 e. The number of benzene rings is 1. The van der Waals surface area contributed by atoms with Crippen LogP contribution in [0.2, 0.25) is 5.02 Å². The van der Waals surface area contributed by atoms with Gasteiger partial charge >= 0.3 is 0 Å².